The van der Waals surface area contributed by atoms with Crippen LogP contribution in [0.4, 0.5) is 5.69 Å². The number of H-pyrrole nitrogens is 1. The number of nitrogen functional groups attached to an aromatic ring is 1. The van der Waals surface area contributed by atoms with Gasteiger partial charge in [-0.1, -0.05) is 6.07 Å². The second-order valence-electron chi connectivity index (χ2n) is 6.65. The normalized spacial score (nSPS) is 12.5. The highest BCUT2D eigenvalue weighted by Crippen LogP contribution is 2.29. The lowest BCUT2D eigenvalue weighted by Gasteiger charge is -2.13. The number of rotatable bonds is 3. The van der Waals surface area contributed by atoms with Gasteiger partial charge < -0.3 is 10.7 Å². The first-order valence-corrected chi connectivity index (χ1v) is 11.3. The van der Waals surface area contributed by atoms with E-state index in [2.05, 4.69) is 4.98 Å². The summed E-state index contributed by atoms with van der Waals surface area (Å²) in [4.78, 5) is 25.6. The van der Waals surface area contributed by atoms with Crippen LogP contribution in [0.1, 0.15) is 0 Å². The second-order valence-corrected chi connectivity index (χ2v) is 9.46. The molecule has 0 saturated carbocycles. The highest BCUT2D eigenvalue weighted by molar-refractivity contribution is 7.86. The molecule has 31 heavy (non-hydrogen) atoms. The number of hydrogen-bond donors (Lipinski definition) is 4. The molecule has 0 aliphatic heterocycles. The molecule has 11 nitrogen and oxygen atoms in total. The van der Waals surface area contributed by atoms with Gasteiger partial charge in [0, 0.05) is 11.1 Å². The monoisotopic (exact) mass is 463 g/mol. The Morgan fingerprint density at radius 2 is 1.58 bits per heavy atom. The van der Waals surface area contributed by atoms with E-state index in [0.29, 0.717) is 11.8 Å². The van der Waals surface area contributed by atoms with Crippen LogP contribution >= 0.6 is 0 Å². The van der Waals surface area contributed by atoms with Crippen LogP contribution < -0.4 is 16.9 Å². The molecule has 0 bridgehead atoms. The Hall–Kier alpha value is -3.52. The zero-order valence-electron chi connectivity index (χ0n) is 15.3. The lowest BCUT2D eigenvalue weighted by molar-refractivity contribution is 0.482. The van der Waals surface area contributed by atoms with Crippen LogP contribution in [0.2, 0.25) is 0 Å². The maximum Gasteiger partial charge on any atom is 0.321 e. The molecule has 0 atom stereocenters. The smallest absolute Gasteiger partial charge is 0.321 e. The molecule has 0 fully saturated rings. The zero-order chi connectivity index (χ0) is 22.7. The molecule has 1 aromatic heterocycles. The van der Waals surface area contributed by atoms with Crippen molar-refractivity contribution in [2.45, 2.75) is 9.79 Å². The van der Waals surface area contributed by atoms with Crippen molar-refractivity contribution in [2.75, 3.05) is 5.73 Å². The van der Waals surface area contributed by atoms with Crippen molar-refractivity contribution in [1.82, 2.24) is 9.55 Å². The van der Waals surface area contributed by atoms with Gasteiger partial charge in [0.2, 0.25) is 0 Å². The van der Waals surface area contributed by atoms with Crippen LogP contribution in [0.3, 0.4) is 0 Å². The fourth-order valence-electron chi connectivity index (χ4n) is 3.27. The maximum atomic E-state index is 12.6. The summed E-state index contributed by atoms with van der Waals surface area (Å²) in [5, 5.41) is -0.107. The zero-order valence-corrected chi connectivity index (χ0v) is 16.9. The van der Waals surface area contributed by atoms with Crippen molar-refractivity contribution in [3.8, 4) is 5.69 Å². The lowest BCUT2D eigenvalue weighted by atomic mass is 10.1. The Labute approximate surface area is 173 Å². The van der Waals surface area contributed by atoms with Crippen LogP contribution in [0.5, 0.6) is 0 Å². The van der Waals surface area contributed by atoms with Crippen LogP contribution in [-0.2, 0) is 20.2 Å². The van der Waals surface area contributed by atoms with E-state index >= 15 is 0 Å². The molecule has 0 aliphatic rings. The SMILES string of the molecule is Nc1ccc2[nH]c(=O)c(=O)n(-c3ccc4cc(S(=O)(=O)O)cc(S(=O)(=O)O)c4c3)c2c1. The summed E-state index contributed by atoms with van der Waals surface area (Å²) in [7, 11) is -9.70. The topological polar surface area (TPSA) is 190 Å². The number of aromatic nitrogens is 2. The van der Waals surface area contributed by atoms with Gasteiger partial charge in [-0.25, -0.2) is 0 Å². The second kappa shape index (κ2) is 6.75. The molecular weight excluding hydrogens is 450 g/mol. The Morgan fingerprint density at radius 1 is 0.871 bits per heavy atom. The molecule has 0 aliphatic carbocycles. The number of nitrogens with one attached hydrogen (secondary N) is 1. The predicted molar refractivity (Wildman–Crippen MR) is 112 cm³/mol. The number of hydrogen-bond acceptors (Lipinski definition) is 7. The highest BCUT2D eigenvalue weighted by atomic mass is 32.2. The highest BCUT2D eigenvalue weighted by Gasteiger charge is 2.21. The third-order valence-electron chi connectivity index (χ3n) is 4.62. The molecule has 4 aromatic rings. The summed E-state index contributed by atoms with van der Waals surface area (Å²) in [6.07, 6.45) is 0. The van der Waals surface area contributed by atoms with E-state index < -0.39 is 41.1 Å². The first-order valence-electron chi connectivity index (χ1n) is 8.44. The molecule has 5 N–H and O–H groups in total. The van der Waals surface area contributed by atoms with E-state index in [4.69, 9.17) is 5.73 Å². The van der Waals surface area contributed by atoms with Gasteiger partial charge in [0.1, 0.15) is 4.90 Å². The molecule has 0 saturated heterocycles. The number of benzene rings is 3. The minimum absolute atomic E-state index is 0.0354. The average molecular weight is 463 g/mol. The van der Waals surface area contributed by atoms with E-state index in [-0.39, 0.29) is 27.5 Å². The molecule has 1 heterocycles. The van der Waals surface area contributed by atoms with Gasteiger partial charge in [-0.3, -0.25) is 23.3 Å². The van der Waals surface area contributed by atoms with Crippen LogP contribution in [0, 0.1) is 0 Å². The van der Waals surface area contributed by atoms with Gasteiger partial charge >= 0.3 is 11.1 Å². The minimum Gasteiger partial charge on any atom is -0.399 e. The van der Waals surface area contributed by atoms with Crippen molar-refractivity contribution in [2.24, 2.45) is 0 Å². The summed E-state index contributed by atoms with van der Waals surface area (Å²) in [6, 6.07) is 9.84. The van der Waals surface area contributed by atoms with Crippen molar-refractivity contribution in [1.29, 1.82) is 0 Å². The van der Waals surface area contributed by atoms with Crippen molar-refractivity contribution >= 4 is 47.7 Å². The maximum absolute atomic E-state index is 12.6. The van der Waals surface area contributed by atoms with Crippen LogP contribution in [-0.4, -0.2) is 35.5 Å². The Morgan fingerprint density at radius 3 is 2.23 bits per heavy atom. The van der Waals surface area contributed by atoms with E-state index in [0.717, 1.165) is 10.6 Å². The van der Waals surface area contributed by atoms with Crippen LogP contribution in [0.25, 0.3) is 27.5 Å². The Kier molecular flexibility index (Phi) is 4.51. The largest absolute Gasteiger partial charge is 0.399 e. The molecule has 4 rings (SSSR count). The van der Waals surface area contributed by atoms with Crippen molar-refractivity contribution in [3.63, 3.8) is 0 Å². The van der Waals surface area contributed by atoms with E-state index in [1.54, 1.807) is 0 Å². The summed E-state index contributed by atoms with van der Waals surface area (Å²) in [5.41, 5.74) is 4.75. The molecule has 3 aromatic carbocycles. The van der Waals surface area contributed by atoms with E-state index in [1.807, 2.05) is 0 Å². The molecule has 160 valence electrons. The van der Waals surface area contributed by atoms with Crippen molar-refractivity contribution in [3.05, 3.63) is 69.2 Å². The van der Waals surface area contributed by atoms with E-state index in [9.17, 15) is 35.5 Å². The van der Waals surface area contributed by atoms with E-state index in [1.165, 1.54) is 36.4 Å². The average Bonchev–Trinajstić information content (AvgIpc) is 2.66. The van der Waals surface area contributed by atoms with Gasteiger partial charge in [-0.2, -0.15) is 16.8 Å². The summed E-state index contributed by atoms with van der Waals surface area (Å²) >= 11 is 0. The molecule has 0 radical (unpaired) electrons. The number of nitrogens with two attached hydrogens (primary N) is 1. The van der Waals surface area contributed by atoms with Gasteiger partial charge in [-0.15, -0.1) is 0 Å². The standard InChI is InChI=1S/C18H13N3O8S2/c19-10-2-4-14-15(6-10)21(18(23)17(22)20-14)11-3-1-9-5-12(30(24,25)26)8-16(13(9)7-11)31(27,28)29/h1-8H,19H2,(H,20,22)(H,24,25,26)(H,27,28,29). The molecular formula is C18H13N3O8S2. The number of fused-ring (bicyclic) bond motifs is 2. The third-order valence-corrected chi connectivity index (χ3v) is 6.34. The minimum atomic E-state index is -4.93. The Bertz CT molecular complexity index is 1740. The van der Waals surface area contributed by atoms with Crippen molar-refractivity contribution < 1.29 is 25.9 Å². The number of nitrogens with zero attached hydrogens (tertiary/aromatic N) is 1. The third kappa shape index (κ3) is 3.59. The van der Waals surface area contributed by atoms with Gasteiger partial charge in [0.25, 0.3) is 20.2 Å². The van der Waals surface area contributed by atoms with Crippen LogP contribution in [0.15, 0.2) is 67.9 Å². The van der Waals surface area contributed by atoms with Gasteiger partial charge in [-0.05, 0) is 47.9 Å². The molecule has 0 spiro atoms. The first-order chi connectivity index (χ1) is 14.4. The Balaban J connectivity index is 2.16. The molecule has 13 heteroatoms. The molecule has 0 unspecified atom stereocenters. The quantitative estimate of drug-likeness (QED) is 0.194. The molecule has 0 amide bonds. The summed E-state index contributed by atoms with van der Waals surface area (Å²) in [6.45, 7) is 0. The summed E-state index contributed by atoms with van der Waals surface area (Å²) < 4.78 is 66.7. The van der Waals surface area contributed by atoms with Gasteiger partial charge in [0.15, 0.2) is 0 Å². The fourth-order valence-corrected chi connectivity index (χ4v) is 4.62. The first kappa shape index (κ1) is 20.7. The fraction of sp³-hybridized carbons (Fsp3) is 0. The lowest BCUT2D eigenvalue weighted by Crippen LogP contribution is -2.35. The van der Waals surface area contributed by atoms with Gasteiger partial charge in [0.05, 0.1) is 21.6 Å². The predicted octanol–water partition coefficient (Wildman–Crippen LogP) is 0.908. The number of anilines is 1. The number of aromatic amines is 1. The summed E-state index contributed by atoms with van der Waals surface area (Å²) in [5.74, 6) is 0.